The normalized spacial score (nSPS) is 17.1. The van der Waals surface area contributed by atoms with E-state index >= 15 is 0 Å². The van der Waals surface area contributed by atoms with Gasteiger partial charge in [0.25, 0.3) is 5.91 Å². The lowest BCUT2D eigenvalue weighted by molar-refractivity contribution is 0.0925. The van der Waals surface area contributed by atoms with Crippen LogP contribution in [0.4, 0.5) is 0 Å². The first kappa shape index (κ1) is 13.2. The van der Waals surface area contributed by atoms with Gasteiger partial charge in [0.05, 0.1) is 0 Å². The first-order valence-electron chi connectivity index (χ1n) is 7.61. The van der Waals surface area contributed by atoms with Gasteiger partial charge in [-0.1, -0.05) is 43.9 Å². The average molecular weight is 270 g/mol. The van der Waals surface area contributed by atoms with Crippen LogP contribution in [0.3, 0.4) is 0 Å². The second kappa shape index (κ2) is 5.70. The van der Waals surface area contributed by atoms with E-state index in [4.69, 9.17) is 0 Å². The van der Waals surface area contributed by atoms with Crippen LogP contribution in [0.5, 0.6) is 0 Å². The molecule has 0 spiro atoms. The molecular weight excluding hydrogens is 248 g/mol. The van der Waals surface area contributed by atoms with Gasteiger partial charge in [-0.15, -0.1) is 0 Å². The standard InChI is InChI=1S/C17H22N2O/c1-19-15-11-7-6-8-13(15)12-16(19)17(20)18-14-9-4-2-3-5-10-14/h6-8,11-12,14H,2-5,9-10H2,1H3,(H,18,20). The molecule has 0 aliphatic heterocycles. The maximum absolute atomic E-state index is 12.5. The number of nitrogens with one attached hydrogen (secondary N) is 1. The molecule has 0 atom stereocenters. The molecule has 1 aliphatic rings. The van der Waals surface area contributed by atoms with Crippen molar-refractivity contribution in [2.45, 2.75) is 44.6 Å². The molecule has 1 fully saturated rings. The van der Waals surface area contributed by atoms with E-state index in [9.17, 15) is 4.79 Å². The second-order valence-electron chi connectivity index (χ2n) is 5.81. The van der Waals surface area contributed by atoms with Crippen molar-refractivity contribution in [3.63, 3.8) is 0 Å². The van der Waals surface area contributed by atoms with Gasteiger partial charge in [-0.2, -0.15) is 0 Å². The van der Waals surface area contributed by atoms with Crippen LogP contribution in [0, 0.1) is 0 Å². The van der Waals surface area contributed by atoms with Crippen molar-refractivity contribution in [2.75, 3.05) is 0 Å². The Morgan fingerprint density at radius 1 is 1.15 bits per heavy atom. The summed E-state index contributed by atoms with van der Waals surface area (Å²) < 4.78 is 1.99. The van der Waals surface area contributed by atoms with Gasteiger partial charge in [0, 0.05) is 24.0 Å². The van der Waals surface area contributed by atoms with Crippen LogP contribution in [-0.2, 0) is 7.05 Å². The molecule has 0 unspecified atom stereocenters. The molecule has 1 N–H and O–H groups in total. The summed E-state index contributed by atoms with van der Waals surface area (Å²) in [5.74, 6) is 0.0654. The van der Waals surface area contributed by atoms with Crippen molar-refractivity contribution in [1.82, 2.24) is 9.88 Å². The number of carbonyl (C=O) groups excluding carboxylic acids is 1. The highest BCUT2D eigenvalue weighted by atomic mass is 16.2. The number of hydrogen-bond donors (Lipinski definition) is 1. The van der Waals surface area contributed by atoms with Crippen molar-refractivity contribution in [3.8, 4) is 0 Å². The predicted octanol–water partition coefficient (Wildman–Crippen LogP) is 3.63. The molecule has 2 aromatic rings. The van der Waals surface area contributed by atoms with Gasteiger partial charge >= 0.3 is 0 Å². The van der Waals surface area contributed by atoms with Crippen molar-refractivity contribution in [3.05, 3.63) is 36.0 Å². The molecule has 0 saturated heterocycles. The monoisotopic (exact) mass is 270 g/mol. The smallest absolute Gasteiger partial charge is 0.268 e. The summed E-state index contributed by atoms with van der Waals surface area (Å²) in [6.45, 7) is 0. The molecule has 1 aromatic carbocycles. The average Bonchev–Trinajstić information content (AvgIpc) is 2.64. The summed E-state index contributed by atoms with van der Waals surface area (Å²) in [5, 5.41) is 4.34. The molecule has 3 heteroatoms. The van der Waals surface area contributed by atoms with Gasteiger partial charge in [0.1, 0.15) is 5.69 Å². The minimum atomic E-state index is 0.0654. The lowest BCUT2D eigenvalue weighted by Gasteiger charge is -2.16. The highest BCUT2D eigenvalue weighted by molar-refractivity contribution is 5.98. The van der Waals surface area contributed by atoms with Gasteiger partial charge in [-0.05, 0) is 25.0 Å². The zero-order chi connectivity index (χ0) is 13.9. The fourth-order valence-electron chi connectivity index (χ4n) is 3.19. The maximum Gasteiger partial charge on any atom is 0.268 e. The van der Waals surface area contributed by atoms with E-state index in [0.29, 0.717) is 6.04 Å². The number of aryl methyl sites for hydroxylation is 1. The second-order valence-corrected chi connectivity index (χ2v) is 5.81. The maximum atomic E-state index is 12.5. The van der Waals surface area contributed by atoms with Crippen LogP contribution >= 0.6 is 0 Å². The first-order valence-corrected chi connectivity index (χ1v) is 7.61. The van der Waals surface area contributed by atoms with Crippen molar-refractivity contribution >= 4 is 16.8 Å². The van der Waals surface area contributed by atoms with Crippen LogP contribution in [0.25, 0.3) is 10.9 Å². The number of nitrogens with zero attached hydrogens (tertiary/aromatic N) is 1. The molecular formula is C17H22N2O. The van der Waals surface area contributed by atoms with Crippen molar-refractivity contribution in [1.29, 1.82) is 0 Å². The SMILES string of the molecule is Cn1c(C(=O)NC2CCCCCC2)cc2ccccc21. The predicted molar refractivity (Wildman–Crippen MR) is 81.9 cm³/mol. The summed E-state index contributed by atoms with van der Waals surface area (Å²) in [6.07, 6.45) is 7.33. The van der Waals surface area contributed by atoms with Gasteiger partial charge < -0.3 is 9.88 Å². The number of hydrogen-bond acceptors (Lipinski definition) is 1. The van der Waals surface area contributed by atoms with Crippen LogP contribution in [0.1, 0.15) is 49.0 Å². The highest BCUT2D eigenvalue weighted by Crippen LogP contribution is 2.20. The summed E-state index contributed by atoms with van der Waals surface area (Å²) in [5.41, 5.74) is 1.87. The quantitative estimate of drug-likeness (QED) is 0.831. The number of benzene rings is 1. The fourth-order valence-corrected chi connectivity index (χ4v) is 3.19. The van der Waals surface area contributed by atoms with E-state index < -0.39 is 0 Å². The third-order valence-electron chi connectivity index (χ3n) is 4.37. The number of amides is 1. The summed E-state index contributed by atoms with van der Waals surface area (Å²) >= 11 is 0. The number of fused-ring (bicyclic) bond motifs is 1. The van der Waals surface area contributed by atoms with Crippen LogP contribution in [-0.4, -0.2) is 16.5 Å². The topological polar surface area (TPSA) is 34.0 Å². The Labute approximate surface area is 120 Å². The Morgan fingerprint density at radius 3 is 2.55 bits per heavy atom. The number of aromatic nitrogens is 1. The van der Waals surface area contributed by atoms with Gasteiger partial charge in [0.2, 0.25) is 0 Å². The molecule has 1 aromatic heterocycles. The van der Waals surface area contributed by atoms with Crippen LogP contribution in [0.2, 0.25) is 0 Å². The first-order chi connectivity index (χ1) is 9.75. The molecule has 3 rings (SSSR count). The van der Waals surface area contributed by atoms with Crippen LogP contribution in [0.15, 0.2) is 30.3 Å². The van der Waals surface area contributed by atoms with Gasteiger partial charge in [-0.25, -0.2) is 0 Å². The van der Waals surface area contributed by atoms with E-state index in [2.05, 4.69) is 17.4 Å². The van der Waals surface area contributed by atoms with Gasteiger partial charge in [-0.3, -0.25) is 4.79 Å². The summed E-state index contributed by atoms with van der Waals surface area (Å²) in [4.78, 5) is 12.5. The Morgan fingerprint density at radius 2 is 1.85 bits per heavy atom. The van der Waals surface area contributed by atoms with Crippen molar-refractivity contribution < 1.29 is 4.79 Å². The molecule has 0 radical (unpaired) electrons. The number of carbonyl (C=O) groups is 1. The van der Waals surface area contributed by atoms with Crippen molar-refractivity contribution in [2.24, 2.45) is 7.05 Å². The Hall–Kier alpha value is -1.77. The molecule has 0 bridgehead atoms. The van der Waals surface area contributed by atoms with E-state index in [0.717, 1.165) is 29.4 Å². The zero-order valence-corrected chi connectivity index (χ0v) is 12.1. The molecule has 20 heavy (non-hydrogen) atoms. The molecule has 3 nitrogen and oxygen atoms in total. The molecule has 1 aliphatic carbocycles. The fraction of sp³-hybridized carbons (Fsp3) is 0.471. The Kier molecular flexibility index (Phi) is 3.77. The summed E-state index contributed by atoms with van der Waals surface area (Å²) in [7, 11) is 1.96. The van der Waals surface area contributed by atoms with E-state index in [1.807, 2.05) is 29.8 Å². The van der Waals surface area contributed by atoms with E-state index in [-0.39, 0.29) is 5.91 Å². The van der Waals surface area contributed by atoms with E-state index in [1.54, 1.807) is 0 Å². The lowest BCUT2D eigenvalue weighted by atomic mass is 10.1. The third kappa shape index (κ3) is 2.58. The minimum absolute atomic E-state index is 0.0654. The van der Waals surface area contributed by atoms with E-state index in [1.165, 1.54) is 25.7 Å². The largest absolute Gasteiger partial charge is 0.348 e. The minimum Gasteiger partial charge on any atom is -0.348 e. The third-order valence-corrected chi connectivity index (χ3v) is 4.37. The molecule has 1 amide bonds. The Balaban J connectivity index is 1.79. The zero-order valence-electron chi connectivity index (χ0n) is 12.1. The number of rotatable bonds is 2. The molecule has 1 heterocycles. The van der Waals surface area contributed by atoms with Crippen LogP contribution < -0.4 is 5.32 Å². The lowest BCUT2D eigenvalue weighted by Crippen LogP contribution is -2.35. The molecule has 1 saturated carbocycles. The number of para-hydroxylation sites is 1. The summed E-state index contributed by atoms with van der Waals surface area (Å²) in [6, 6.07) is 10.5. The highest BCUT2D eigenvalue weighted by Gasteiger charge is 2.18. The molecule has 106 valence electrons. The van der Waals surface area contributed by atoms with Gasteiger partial charge in [0.15, 0.2) is 0 Å². The Bertz CT molecular complexity index is 606.